The van der Waals surface area contributed by atoms with E-state index in [0.29, 0.717) is 6.54 Å². The predicted molar refractivity (Wildman–Crippen MR) is 82.8 cm³/mol. The smallest absolute Gasteiger partial charge is 0.311 e. The minimum absolute atomic E-state index is 0.124. The van der Waals surface area contributed by atoms with Gasteiger partial charge >= 0.3 is 5.69 Å². The maximum atomic E-state index is 12.0. The Bertz CT molecular complexity index is 687. The lowest BCUT2D eigenvalue weighted by Gasteiger charge is -2.06. The van der Waals surface area contributed by atoms with Crippen molar-refractivity contribution in [1.82, 2.24) is 5.32 Å². The molecular weight excluding hydrogens is 360 g/mol. The molecule has 1 aromatic carbocycles. The predicted octanol–water partition coefficient (Wildman–Crippen LogP) is 3.36. The Morgan fingerprint density at radius 3 is 2.81 bits per heavy atom. The van der Waals surface area contributed by atoms with Crippen molar-refractivity contribution in [1.29, 1.82) is 0 Å². The Kier molecular flexibility index (Phi) is 4.92. The van der Waals surface area contributed by atoms with Gasteiger partial charge in [0.15, 0.2) is 5.75 Å². The molecule has 0 fully saturated rings. The van der Waals surface area contributed by atoms with Gasteiger partial charge in [0.05, 0.1) is 18.6 Å². The molecule has 1 amide bonds. The van der Waals surface area contributed by atoms with Crippen molar-refractivity contribution in [2.75, 3.05) is 7.11 Å². The van der Waals surface area contributed by atoms with E-state index in [0.717, 1.165) is 9.35 Å². The quantitative estimate of drug-likeness (QED) is 0.646. The Balaban J connectivity index is 2.12. The number of carbonyl (C=O) groups is 1. The van der Waals surface area contributed by atoms with E-state index < -0.39 is 4.92 Å². The Morgan fingerprint density at radius 1 is 1.48 bits per heavy atom. The van der Waals surface area contributed by atoms with Crippen LogP contribution in [0.5, 0.6) is 5.75 Å². The molecule has 0 aliphatic carbocycles. The Hall–Kier alpha value is -1.93. The number of hydrogen-bond acceptors (Lipinski definition) is 5. The summed E-state index contributed by atoms with van der Waals surface area (Å²) in [7, 11) is 1.34. The van der Waals surface area contributed by atoms with E-state index in [-0.39, 0.29) is 22.9 Å². The van der Waals surface area contributed by atoms with E-state index in [9.17, 15) is 14.9 Å². The molecule has 21 heavy (non-hydrogen) atoms. The molecule has 8 heteroatoms. The number of nitro groups is 1. The number of nitrogens with one attached hydrogen (secondary N) is 1. The highest BCUT2D eigenvalue weighted by molar-refractivity contribution is 9.10. The van der Waals surface area contributed by atoms with E-state index in [2.05, 4.69) is 21.2 Å². The number of benzene rings is 1. The maximum Gasteiger partial charge on any atom is 0.311 e. The van der Waals surface area contributed by atoms with Gasteiger partial charge in [-0.1, -0.05) is 0 Å². The van der Waals surface area contributed by atoms with Crippen LogP contribution in [-0.4, -0.2) is 17.9 Å². The lowest BCUT2D eigenvalue weighted by molar-refractivity contribution is -0.385. The van der Waals surface area contributed by atoms with Gasteiger partial charge in [0.1, 0.15) is 0 Å². The minimum Gasteiger partial charge on any atom is -0.490 e. The average molecular weight is 371 g/mol. The molecule has 110 valence electrons. The Morgan fingerprint density at radius 2 is 2.24 bits per heavy atom. The fourth-order valence-electron chi connectivity index (χ4n) is 1.69. The first kappa shape index (κ1) is 15.5. The van der Waals surface area contributed by atoms with Gasteiger partial charge in [-0.2, -0.15) is 0 Å². The topological polar surface area (TPSA) is 81.5 Å². The lowest BCUT2D eigenvalue weighted by Crippen LogP contribution is -2.22. The van der Waals surface area contributed by atoms with Crippen LogP contribution in [0.1, 0.15) is 15.2 Å². The molecule has 1 heterocycles. The van der Waals surface area contributed by atoms with Crippen molar-refractivity contribution in [3.8, 4) is 5.75 Å². The fourth-order valence-corrected chi connectivity index (χ4v) is 3.08. The summed E-state index contributed by atoms with van der Waals surface area (Å²) in [6.45, 7) is 0.370. The lowest BCUT2D eigenvalue weighted by atomic mass is 10.1. The first-order valence-electron chi connectivity index (χ1n) is 5.85. The molecule has 6 nitrogen and oxygen atoms in total. The molecule has 1 aromatic heterocycles. The van der Waals surface area contributed by atoms with Crippen LogP contribution in [0.25, 0.3) is 0 Å². The van der Waals surface area contributed by atoms with Gasteiger partial charge < -0.3 is 10.1 Å². The summed E-state index contributed by atoms with van der Waals surface area (Å²) in [5, 5.41) is 15.6. The third-order valence-electron chi connectivity index (χ3n) is 2.68. The summed E-state index contributed by atoms with van der Waals surface area (Å²) in [5.74, 6) is -0.246. The largest absolute Gasteiger partial charge is 0.490 e. The second kappa shape index (κ2) is 6.68. The Labute approximate surface area is 133 Å². The van der Waals surface area contributed by atoms with Crippen molar-refractivity contribution in [3.63, 3.8) is 0 Å². The van der Waals surface area contributed by atoms with Crippen LogP contribution >= 0.6 is 27.3 Å². The number of nitro benzene ring substituents is 1. The molecule has 0 saturated heterocycles. The second-order valence-electron chi connectivity index (χ2n) is 4.06. The first-order chi connectivity index (χ1) is 10.0. The normalized spacial score (nSPS) is 10.2. The number of rotatable bonds is 5. The SMILES string of the molecule is COc1ccc(C(=O)NCc2cc(Br)cs2)cc1[N+](=O)[O-]. The van der Waals surface area contributed by atoms with Gasteiger partial charge in [0.25, 0.3) is 5.91 Å². The summed E-state index contributed by atoms with van der Waals surface area (Å²) in [6, 6.07) is 6.01. The molecule has 0 aliphatic heterocycles. The zero-order chi connectivity index (χ0) is 15.4. The number of thiophene rings is 1. The van der Waals surface area contributed by atoms with Crippen molar-refractivity contribution in [3.05, 3.63) is 54.7 Å². The highest BCUT2D eigenvalue weighted by atomic mass is 79.9. The standard InChI is InChI=1S/C13H11BrN2O4S/c1-20-12-3-2-8(4-11(12)16(18)19)13(17)15-6-10-5-9(14)7-21-10/h2-5,7H,6H2,1H3,(H,15,17). The molecule has 0 bridgehead atoms. The van der Waals surface area contributed by atoms with E-state index in [1.165, 1.54) is 36.6 Å². The van der Waals surface area contributed by atoms with Gasteiger partial charge in [-0.3, -0.25) is 14.9 Å². The number of amides is 1. The van der Waals surface area contributed by atoms with Crippen LogP contribution in [-0.2, 0) is 6.54 Å². The zero-order valence-corrected chi connectivity index (χ0v) is 13.4. The fraction of sp³-hybridized carbons (Fsp3) is 0.154. The zero-order valence-electron chi connectivity index (χ0n) is 11.0. The monoisotopic (exact) mass is 370 g/mol. The summed E-state index contributed by atoms with van der Waals surface area (Å²) >= 11 is 4.85. The number of nitrogens with zero attached hydrogens (tertiary/aromatic N) is 1. The molecule has 0 spiro atoms. The first-order valence-corrected chi connectivity index (χ1v) is 7.52. The van der Waals surface area contributed by atoms with Crippen LogP contribution in [0.2, 0.25) is 0 Å². The summed E-state index contributed by atoms with van der Waals surface area (Å²) in [4.78, 5) is 23.4. The number of halogens is 1. The molecular formula is C13H11BrN2O4S. The molecule has 1 N–H and O–H groups in total. The van der Waals surface area contributed by atoms with Gasteiger partial charge in [0.2, 0.25) is 0 Å². The maximum absolute atomic E-state index is 12.0. The van der Waals surface area contributed by atoms with Crippen molar-refractivity contribution >= 4 is 38.9 Å². The summed E-state index contributed by atoms with van der Waals surface area (Å²) in [5.41, 5.74) is -0.0119. The number of carbonyl (C=O) groups excluding carboxylic acids is 1. The van der Waals surface area contributed by atoms with Gasteiger partial charge in [-0.25, -0.2) is 0 Å². The van der Waals surface area contributed by atoms with Crippen LogP contribution < -0.4 is 10.1 Å². The van der Waals surface area contributed by atoms with Crippen molar-refractivity contribution in [2.24, 2.45) is 0 Å². The number of methoxy groups -OCH3 is 1. The second-order valence-corrected chi connectivity index (χ2v) is 5.97. The van der Waals surface area contributed by atoms with E-state index >= 15 is 0 Å². The van der Waals surface area contributed by atoms with Crippen LogP contribution in [0.15, 0.2) is 34.1 Å². The van der Waals surface area contributed by atoms with Crippen LogP contribution in [0, 0.1) is 10.1 Å². The van der Waals surface area contributed by atoms with Crippen LogP contribution in [0.4, 0.5) is 5.69 Å². The molecule has 0 aliphatic rings. The van der Waals surface area contributed by atoms with Gasteiger partial charge in [-0.05, 0) is 34.1 Å². The van der Waals surface area contributed by atoms with Crippen LogP contribution in [0.3, 0.4) is 0 Å². The summed E-state index contributed by atoms with van der Waals surface area (Å²) < 4.78 is 5.85. The third kappa shape index (κ3) is 3.79. The number of hydrogen-bond donors (Lipinski definition) is 1. The van der Waals surface area contributed by atoms with Crippen molar-refractivity contribution < 1.29 is 14.5 Å². The molecule has 2 aromatic rings. The van der Waals surface area contributed by atoms with Gasteiger partial charge in [0, 0.05) is 26.4 Å². The number of ether oxygens (including phenoxy) is 1. The highest BCUT2D eigenvalue weighted by Crippen LogP contribution is 2.27. The molecule has 0 unspecified atom stereocenters. The molecule has 0 saturated carbocycles. The highest BCUT2D eigenvalue weighted by Gasteiger charge is 2.18. The molecule has 0 radical (unpaired) electrons. The van der Waals surface area contributed by atoms with Crippen molar-refractivity contribution in [2.45, 2.75) is 6.54 Å². The van der Waals surface area contributed by atoms with Gasteiger partial charge in [-0.15, -0.1) is 11.3 Å². The molecule has 0 atom stereocenters. The van der Waals surface area contributed by atoms with E-state index in [4.69, 9.17) is 4.74 Å². The third-order valence-corrected chi connectivity index (χ3v) is 4.38. The van der Waals surface area contributed by atoms with E-state index in [1.807, 2.05) is 11.4 Å². The minimum atomic E-state index is -0.577. The molecule has 2 rings (SSSR count). The van der Waals surface area contributed by atoms with E-state index in [1.54, 1.807) is 0 Å². The average Bonchev–Trinajstić information content (AvgIpc) is 2.89. The summed E-state index contributed by atoms with van der Waals surface area (Å²) in [6.07, 6.45) is 0.